The lowest BCUT2D eigenvalue weighted by Crippen LogP contribution is -2.24. The van der Waals surface area contributed by atoms with Crippen molar-refractivity contribution in [2.24, 2.45) is 0 Å². The van der Waals surface area contributed by atoms with Crippen LogP contribution in [-0.4, -0.2) is 34.0 Å². The molecule has 0 bridgehead atoms. The van der Waals surface area contributed by atoms with Crippen molar-refractivity contribution in [3.05, 3.63) is 42.1 Å². The maximum Gasteiger partial charge on any atom is 0.323 e. The van der Waals surface area contributed by atoms with Crippen molar-refractivity contribution in [1.82, 2.24) is 15.0 Å². The molecule has 1 aliphatic carbocycles. The molecule has 0 aromatic carbocycles. The Morgan fingerprint density at radius 3 is 2.73 bits per heavy atom. The average Bonchev–Trinajstić information content (AvgIpc) is 3.10. The number of amides is 2. The third-order valence-corrected chi connectivity index (χ3v) is 5.19. The monoisotopic (exact) mass is 419 g/mol. The first-order valence-corrected chi connectivity index (χ1v) is 9.48. The number of carbonyl (C=O) groups is 1. The molecule has 3 N–H and O–H groups in total. The lowest BCUT2D eigenvalue weighted by molar-refractivity contribution is -0.0387. The number of nitrogens with zero attached hydrogens (tertiary/aromatic N) is 2. The first-order valence-electron chi connectivity index (χ1n) is 9.48. The third-order valence-electron chi connectivity index (χ3n) is 5.19. The van der Waals surface area contributed by atoms with Crippen LogP contribution in [0.5, 0.6) is 5.88 Å². The highest BCUT2D eigenvalue weighted by molar-refractivity contribution is 6.04. The van der Waals surface area contributed by atoms with Crippen LogP contribution in [-0.2, 0) is 0 Å². The van der Waals surface area contributed by atoms with Gasteiger partial charge in [0, 0.05) is 37.1 Å². The maximum absolute atomic E-state index is 14.5. The Balaban J connectivity index is 1.43. The molecule has 158 valence electrons. The largest absolute Gasteiger partial charge is 0.481 e. The number of alkyl halides is 2. The minimum Gasteiger partial charge on any atom is -0.481 e. The van der Waals surface area contributed by atoms with Crippen molar-refractivity contribution >= 4 is 28.4 Å². The summed E-state index contributed by atoms with van der Waals surface area (Å²) >= 11 is 0. The molecule has 0 radical (unpaired) electrons. The summed E-state index contributed by atoms with van der Waals surface area (Å²) in [5, 5.41) is 5.15. The number of H-pyrrole nitrogens is 1. The van der Waals surface area contributed by atoms with Gasteiger partial charge in [0.15, 0.2) is 0 Å². The van der Waals surface area contributed by atoms with Crippen LogP contribution in [0.4, 0.5) is 29.3 Å². The summed E-state index contributed by atoms with van der Waals surface area (Å²) in [5.41, 5.74) is 1.96. The minimum absolute atomic E-state index is 0.153. The smallest absolute Gasteiger partial charge is 0.323 e. The Labute approximate surface area is 170 Å². The van der Waals surface area contributed by atoms with Gasteiger partial charge in [-0.25, -0.2) is 22.9 Å². The van der Waals surface area contributed by atoms with Gasteiger partial charge in [0.05, 0.1) is 35.9 Å². The number of ether oxygens (including phenoxy) is 1. The van der Waals surface area contributed by atoms with E-state index in [1.54, 1.807) is 18.3 Å². The summed E-state index contributed by atoms with van der Waals surface area (Å²) in [6.45, 7) is 0. The van der Waals surface area contributed by atoms with Gasteiger partial charge in [0.2, 0.25) is 11.8 Å². The number of carbonyl (C=O) groups excluding carboxylic acids is 1. The van der Waals surface area contributed by atoms with Crippen molar-refractivity contribution in [2.45, 2.75) is 37.5 Å². The molecular weight excluding hydrogens is 399 g/mol. The molecule has 10 heteroatoms. The molecule has 1 fully saturated rings. The summed E-state index contributed by atoms with van der Waals surface area (Å²) in [5.74, 6) is -3.26. The molecular formula is C20H20F3N5O2. The summed E-state index contributed by atoms with van der Waals surface area (Å²) < 4.78 is 46.2. The van der Waals surface area contributed by atoms with Crippen LogP contribution in [0, 0.1) is 5.82 Å². The van der Waals surface area contributed by atoms with Gasteiger partial charge < -0.3 is 20.4 Å². The predicted octanol–water partition coefficient (Wildman–Crippen LogP) is 5.04. The molecule has 0 atom stereocenters. The number of pyridine rings is 2. The maximum atomic E-state index is 14.5. The molecule has 0 aliphatic heterocycles. The van der Waals surface area contributed by atoms with Crippen LogP contribution >= 0.6 is 0 Å². The molecule has 3 aromatic heterocycles. The molecule has 7 nitrogen and oxygen atoms in total. The number of fused-ring (bicyclic) bond motifs is 1. The Bertz CT molecular complexity index is 1080. The number of hydrogen-bond acceptors (Lipinski definition) is 4. The Hall–Kier alpha value is -3.30. The van der Waals surface area contributed by atoms with Gasteiger partial charge in [-0.05, 0) is 18.9 Å². The van der Waals surface area contributed by atoms with Crippen LogP contribution in [0.3, 0.4) is 0 Å². The van der Waals surface area contributed by atoms with E-state index in [1.165, 1.54) is 13.3 Å². The highest BCUT2D eigenvalue weighted by Crippen LogP contribution is 2.41. The first kappa shape index (κ1) is 20.0. The van der Waals surface area contributed by atoms with Crippen LogP contribution in [0.15, 0.2) is 30.6 Å². The van der Waals surface area contributed by atoms with Crippen molar-refractivity contribution in [3.8, 4) is 5.88 Å². The second-order valence-corrected chi connectivity index (χ2v) is 7.25. The van der Waals surface area contributed by atoms with Crippen molar-refractivity contribution in [3.63, 3.8) is 0 Å². The zero-order valence-corrected chi connectivity index (χ0v) is 16.1. The summed E-state index contributed by atoms with van der Waals surface area (Å²) in [4.78, 5) is 23.7. The second kappa shape index (κ2) is 7.85. The third kappa shape index (κ3) is 4.17. The summed E-state index contributed by atoms with van der Waals surface area (Å²) in [7, 11) is 1.49. The van der Waals surface area contributed by atoms with Crippen molar-refractivity contribution in [2.75, 3.05) is 17.7 Å². The number of aromatic nitrogens is 3. The van der Waals surface area contributed by atoms with E-state index in [0.717, 1.165) is 6.07 Å². The van der Waals surface area contributed by atoms with E-state index >= 15 is 0 Å². The summed E-state index contributed by atoms with van der Waals surface area (Å²) in [6, 6.07) is 3.99. The number of urea groups is 1. The second-order valence-electron chi connectivity index (χ2n) is 7.25. The minimum atomic E-state index is -2.69. The highest BCUT2D eigenvalue weighted by Gasteiger charge is 2.36. The SMILES string of the molecule is COc1ccc2[nH]cc(NC(=O)Nc3cnc(C4CCC(F)(F)CC4)c(F)c3)c2n1. The van der Waals surface area contributed by atoms with E-state index in [0.29, 0.717) is 22.6 Å². The fourth-order valence-corrected chi connectivity index (χ4v) is 3.61. The van der Waals surface area contributed by atoms with Gasteiger partial charge in [0.25, 0.3) is 0 Å². The first-order chi connectivity index (χ1) is 14.3. The van der Waals surface area contributed by atoms with Gasteiger partial charge >= 0.3 is 6.03 Å². The molecule has 2 amide bonds. The molecule has 3 aromatic rings. The van der Waals surface area contributed by atoms with Gasteiger partial charge in [0.1, 0.15) is 11.3 Å². The average molecular weight is 419 g/mol. The molecule has 0 unspecified atom stereocenters. The van der Waals surface area contributed by atoms with E-state index < -0.39 is 17.8 Å². The lowest BCUT2D eigenvalue weighted by Gasteiger charge is -2.28. The summed E-state index contributed by atoms with van der Waals surface area (Å²) in [6.07, 6.45) is 2.72. The molecule has 1 saturated carbocycles. The van der Waals surface area contributed by atoms with E-state index in [4.69, 9.17) is 4.74 Å². The standard InChI is InChI=1S/C20H20F3N5O2/c1-30-16-3-2-14-18(28-16)15(10-24-14)27-19(29)26-12-8-13(21)17(25-9-12)11-4-6-20(22,23)7-5-11/h2-3,8-11,24H,4-7H2,1H3,(H2,26,27,29). The molecule has 1 aliphatic rings. The van der Waals surface area contributed by atoms with E-state index in [-0.39, 0.29) is 43.0 Å². The molecule has 30 heavy (non-hydrogen) atoms. The number of nitrogens with one attached hydrogen (secondary N) is 3. The number of halogens is 3. The Kier molecular flexibility index (Phi) is 5.23. The molecule has 0 saturated heterocycles. The van der Waals surface area contributed by atoms with Crippen molar-refractivity contribution < 1.29 is 22.7 Å². The zero-order chi connectivity index (χ0) is 21.3. The van der Waals surface area contributed by atoms with Crippen LogP contribution in [0.25, 0.3) is 11.0 Å². The van der Waals surface area contributed by atoms with E-state index in [1.807, 2.05) is 0 Å². The van der Waals surface area contributed by atoms with Crippen LogP contribution in [0.2, 0.25) is 0 Å². The quantitative estimate of drug-likeness (QED) is 0.552. The molecule has 0 spiro atoms. The lowest BCUT2D eigenvalue weighted by atomic mass is 9.84. The fraction of sp³-hybridized carbons (Fsp3) is 0.350. The van der Waals surface area contributed by atoms with E-state index in [2.05, 4.69) is 25.6 Å². The normalized spacial score (nSPS) is 16.4. The van der Waals surface area contributed by atoms with Crippen LogP contribution < -0.4 is 15.4 Å². The Morgan fingerprint density at radius 1 is 1.27 bits per heavy atom. The number of rotatable bonds is 4. The van der Waals surface area contributed by atoms with E-state index in [9.17, 15) is 18.0 Å². The van der Waals surface area contributed by atoms with Crippen LogP contribution in [0.1, 0.15) is 37.3 Å². The van der Waals surface area contributed by atoms with Crippen molar-refractivity contribution in [1.29, 1.82) is 0 Å². The zero-order valence-electron chi connectivity index (χ0n) is 16.1. The fourth-order valence-electron chi connectivity index (χ4n) is 3.61. The number of aromatic amines is 1. The number of methoxy groups -OCH3 is 1. The highest BCUT2D eigenvalue weighted by atomic mass is 19.3. The van der Waals surface area contributed by atoms with Gasteiger partial charge in [-0.2, -0.15) is 0 Å². The molecule has 4 rings (SSSR count). The van der Waals surface area contributed by atoms with Gasteiger partial charge in [-0.15, -0.1) is 0 Å². The topological polar surface area (TPSA) is 91.9 Å². The predicted molar refractivity (Wildman–Crippen MR) is 106 cm³/mol. The number of anilines is 2. The van der Waals surface area contributed by atoms with Gasteiger partial charge in [-0.1, -0.05) is 0 Å². The molecule has 3 heterocycles. The number of hydrogen-bond donors (Lipinski definition) is 3. The Morgan fingerprint density at radius 2 is 2.03 bits per heavy atom. The van der Waals surface area contributed by atoms with Gasteiger partial charge in [-0.3, -0.25) is 4.98 Å².